The molecule has 104 valence electrons. The Bertz CT molecular complexity index is 420. The normalized spacial score (nSPS) is 17.4. The number of aliphatic hydroxyl groups is 1. The summed E-state index contributed by atoms with van der Waals surface area (Å²) in [6, 6.07) is 8.20. The first-order valence-corrected chi connectivity index (χ1v) is 7.07. The Hall–Kier alpha value is -1.35. The van der Waals surface area contributed by atoms with Crippen LogP contribution in [0.4, 0.5) is 0 Å². The first-order valence-electron chi connectivity index (χ1n) is 7.07. The quantitative estimate of drug-likeness (QED) is 0.830. The van der Waals surface area contributed by atoms with Crippen LogP contribution in [0.3, 0.4) is 0 Å². The highest BCUT2D eigenvalue weighted by Gasteiger charge is 2.15. The SMILES string of the molecule is C[C@H](O)C(=O)OCc1cccc(CC2CCCC2)c1. The van der Waals surface area contributed by atoms with Crippen LogP contribution in [0.1, 0.15) is 43.7 Å². The highest BCUT2D eigenvalue weighted by molar-refractivity contribution is 5.73. The van der Waals surface area contributed by atoms with Gasteiger partial charge in [-0.1, -0.05) is 49.9 Å². The van der Waals surface area contributed by atoms with Crippen LogP contribution in [-0.2, 0) is 22.6 Å². The summed E-state index contributed by atoms with van der Waals surface area (Å²) in [4.78, 5) is 11.2. The van der Waals surface area contributed by atoms with Crippen molar-refractivity contribution in [3.63, 3.8) is 0 Å². The number of rotatable bonds is 5. The minimum Gasteiger partial charge on any atom is -0.459 e. The Morgan fingerprint density at radius 2 is 2.05 bits per heavy atom. The molecule has 1 aromatic carbocycles. The van der Waals surface area contributed by atoms with Gasteiger partial charge in [-0.2, -0.15) is 0 Å². The van der Waals surface area contributed by atoms with Crippen molar-refractivity contribution in [2.24, 2.45) is 5.92 Å². The third-order valence-electron chi connectivity index (χ3n) is 3.71. The summed E-state index contributed by atoms with van der Waals surface area (Å²) in [6.07, 6.45) is 5.45. The summed E-state index contributed by atoms with van der Waals surface area (Å²) < 4.78 is 5.03. The zero-order valence-electron chi connectivity index (χ0n) is 11.5. The van der Waals surface area contributed by atoms with Crippen LogP contribution in [0.15, 0.2) is 24.3 Å². The van der Waals surface area contributed by atoms with Crippen LogP contribution in [0.5, 0.6) is 0 Å². The number of hydrogen-bond donors (Lipinski definition) is 1. The molecule has 0 amide bonds. The molecule has 0 heterocycles. The molecular formula is C16H22O3. The van der Waals surface area contributed by atoms with Crippen molar-refractivity contribution in [2.45, 2.75) is 51.7 Å². The lowest BCUT2D eigenvalue weighted by Gasteiger charge is -2.11. The lowest BCUT2D eigenvalue weighted by atomic mass is 9.97. The molecule has 2 rings (SSSR count). The van der Waals surface area contributed by atoms with Gasteiger partial charge in [0.15, 0.2) is 0 Å². The fourth-order valence-electron chi connectivity index (χ4n) is 2.67. The molecule has 1 N–H and O–H groups in total. The van der Waals surface area contributed by atoms with Gasteiger partial charge >= 0.3 is 5.97 Å². The molecule has 3 heteroatoms. The Kier molecular flexibility index (Phi) is 4.97. The molecule has 0 bridgehead atoms. The molecule has 0 unspecified atom stereocenters. The number of aliphatic hydroxyl groups excluding tert-OH is 1. The number of esters is 1. The van der Waals surface area contributed by atoms with Crippen LogP contribution in [0.25, 0.3) is 0 Å². The smallest absolute Gasteiger partial charge is 0.334 e. The van der Waals surface area contributed by atoms with Crippen LogP contribution < -0.4 is 0 Å². The van der Waals surface area contributed by atoms with E-state index in [2.05, 4.69) is 12.1 Å². The second-order valence-electron chi connectivity index (χ2n) is 5.46. The first kappa shape index (κ1) is 14.1. The Morgan fingerprint density at radius 1 is 1.37 bits per heavy atom. The van der Waals surface area contributed by atoms with Gasteiger partial charge in [0.2, 0.25) is 0 Å². The number of carbonyl (C=O) groups excluding carboxylic acids is 1. The van der Waals surface area contributed by atoms with E-state index in [1.54, 1.807) is 0 Å². The predicted molar refractivity (Wildman–Crippen MR) is 73.6 cm³/mol. The van der Waals surface area contributed by atoms with Gasteiger partial charge < -0.3 is 9.84 Å². The topological polar surface area (TPSA) is 46.5 Å². The molecule has 3 nitrogen and oxygen atoms in total. The Labute approximate surface area is 114 Å². The van der Waals surface area contributed by atoms with E-state index in [1.165, 1.54) is 38.2 Å². The van der Waals surface area contributed by atoms with Gasteiger partial charge in [-0.05, 0) is 30.4 Å². The van der Waals surface area contributed by atoms with Crippen LogP contribution in [0, 0.1) is 5.92 Å². The van der Waals surface area contributed by atoms with E-state index in [4.69, 9.17) is 9.84 Å². The predicted octanol–water partition coefficient (Wildman–Crippen LogP) is 2.84. The zero-order valence-corrected chi connectivity index (χ0v) is 11.5. The van der Waals surface area contributed by atoms with Gasteiger partial charge in [-0.3, -0.25) is 0 Å². The maximum Gasteiger partial charge on any atom is 0.334 e. The van der Waals surface area contributed by atoms with Crippen molar-refractivity contribution >= 4 is 5.97 Å². The third-order valence-corrected chi connectivity index (χ3v) is 3.71. The van der Waals surface area contributed by atoms with E-state index in [1.807, 2.05) is 12.1 Å². The van der Waals surface area contributed by atoms with Crippen molar-refractivity contribution in [3.05, 3.63) is 35.4 Å². The van der Waals surface area contributed by atoms with E-state index >= 15 is 0 Å². The maximum atomic E-state index is 11.2. The summed E-state index contributed by atoms with van der Waals surface area (Å²) in [7, 11) is 0. The van der Waals surface area contributed by atoms with Gasteiger partial charge in [0.1, 0.15) is 12.7 Å². The molecule has 1 aliphatic carbocycles. The summed E-state index contributed by atoms with van der Waals surface area (Å²) >= 11 is 0. The molecule has 1 aromatic rings. The minimum atomic E-state index is -1.05. The molecular weight excluding hydrogens is 240 g/mol. The fourth-order valence-corrected chi connectivity index (χ4v) is 2.67. The van der Waals surface area contributed by atoms with E-state index in [9.17, 15) is 4.79 Å². The molecule has 0 spiro atoms. The van der Waals surface area contributed by atoms with Gasteiger partial charge in [0.05, 0.1) is 0 Å². The lowest BCUT2D eigenvalue weighted by molar-refractivity contribution is -0.153. The summed E-state index contributed by atoms with van der Waals surface area (Å²) in [5.41, 5.74) is 2.31. The average Bonchev–Trinajstić information content (AvgIpc) is 2.89. The standard InChI is InChI=1S/C16H22O3/c1-12(17)16(18)19-11-15-8-4-7-14(10-15)9-13-5-2-3-6-13/h4,7-8,10,12-13,17H,2-3,5-6,9,11H2,1H3/t12-/m0/s1. The first-order chi connectivity index (χ1) is 9.15. The van der Waals surface area contributed by atoms with Crippen molar-refractivity contribution in [3.8, 4) is 0 Å². The lowest BCUT2D eigenvalue weighted by Crippen LogP contribution is -2.19. The van der Waals surface area contributed by atoms with E-state index in [0.29, 0.717) is 0 Å². The van der Waals surface area contributed by atoms with Gasteiger partial charge in [-0.25, -0.2) is 4.79 Å². The van der Waals surface area contributed by atoms with Gasteiger partial charge in [0, 0.05) is 0 Å². The molecule has 0 radical (unpaired) electrons. The van der Waals surface area contributed by atoms with Gasteiger partial charge in [-0.15, -0.1) is 0 Å². The molecule has 0 aliphatic heterocycles. The molecule has 0 aromatic heterocycles. The minimum absolute atomic E-state index is 0.238. The number of carbonyl (C=O) groups is 1. The number of hydrogen-bond acceptors (Lipinski definition) is 3. The second kappa shape index (κ2) is 6.71. The monoisotopic (exact) mass is 262 g/mol. The molecule has 0 saturated heterocycles. The highest BCUT2D eigenvalue weighted by atomic mass is 16.5. The summed E-state index contributed by atoms with van der Waals surface area (Å²) in [5.74, 6) is 0.247. The second-order valence-corrected chi connectivity index (χ2v) is 5.46. The maximum absolute atomic E-state index is 11.2. The number of ether oxygens (including phenoxy) is 1. The molecule has 1 fully saturated rings. The summed E-state index contributed by atoms with van der Waals surface area (Å²) in [5, 5.41) is 9.07. The van der Waals surface area contributed by atoms with Crippen molar-refractivity contribution in [1.82, 2.24) is 0 Å². The highest BCUT2D eigenvalue weighted by Crippen LogP contribution is 2.28. The van der Waals surface area contributed by atoms with Crippen LogP contribution in [-0.4, -0.2) is 17.2 Å². The summed E-state index contributed by atoms with van der Waals surface area (Å²) in [6.45, 7) is 1.65. The zero-order chi connectivity index (χ0) is 13.7. The van der Waals surface area contributed by atoms with E-state index in [-0.39, 0.29) is 6.61 Å². The molecule has 1 aliphatic rings. The van der Waals surface area contributed by atoms with Crippen molar-refractivity contribution in [2.75, 3.05) is 0 Å². The Morgan fingerprint density at radius 3 is 2.74 bits per heavy atom. The molecule has 19 heavy (non-hydrogen) atoms. The largest absolute Gasteiger partial charge is 0.459 e. The number of benzene rings is 1. The molecule has 1 atom stereocenters. The van der Waals surface area contributed by atoms with E-state index in [0.717, 1.165) is 17.9 Å². The van der Waals surface area contributed by atoms with E-state index < -0.39 is 12.1 Å². The van der Waals surface area contributed by atoms with Crippen molar-refractivity contribution in [1.29, 1.82) is 0 Å². The van der Waals surface area contributed by atoms with Crippen molar-refractivity contribution < 1.29 is 14.6 Å². The molecule has 1 saturated carbocycles. The van der Waals surface area contributed by atoms with Gasteiger partial charge in [0.25, 0.3) is 0 Å². The Balaban J connectivity index is 1.89. The fraction of sp³-hybridized carbons (Fsp3) is 0.562. The average molecular weight is 262 g/mol. The van der Waals surface area contributed by atoms with Crippen LogP contribution in [0.2, 0.25) is 0 Å². The third kappa shape index (κ3) is 4.35. The van der Waals surface area contributed by atoms with Crippen LogP contribution >= 0.6 is 0 Å².